The van der Waals surface area contributed by atoms with Gasteiger partial charge in [0.25, 0.3) is 0 Å². The van der Waals surface area contributed by atoms with Gasteiger partial charge in [-0.25, -0.2) is 4.98 Å². The van der Waals surface area contributed by atoms with Crippen LogP contribution in [0.3, 0.4) is 0 Å². The summed E-state index contributed by atoms with van der Waals surface area (Å²) < 4.78 is 0. The number of rotatable bonds is 3. The standard InChI is InChI=1S/C15H23N3OS/c1-9-5-6-12-13(7-9)20-15(17-12)18-14(19)8-10-3-2-4-11(10)16/h9-11H,2-8,16H2,1H3,(H,17,18,19)/t9?,10-,11+/m0/s1. The molecule has 0 aromatic carbocycles. The SMILES string of the molecule is CC1CCc2nc(NC(=O)C[C@@H]3CCC[C@H]3N)sc2C1. The van der Waals surface area contributed by atoms with Crippen molar-refractivity contribution in [3.63, 3.8) is 0 Å². The maximum absolute atomic E-state index is 12.1. The third-order valence-corrected chi connectivity index (χ3v) is 5.63. The number of carbonyl (C=O) groups is 1. The van der Waals surface area contributed by atoms with Crippen molar-refractivity contribution in [2.75, 3.05) is 5.32 Å². The molecule has 2 aliphatic rings. The number of aryl methyl sites for hydroxylation is 1. The second-order valence-electron chi connectivity index (χ2n) is 6.34. The van der Waals surface area contributed by atoms with E-state index in [0.29, 0.717) is 12.3 Å². The molecule has 1 aromatic heterocycles. The lowest BCUT2D eigenvalue weighted by Crippen LogP contribution is -2.28. The normalized spacial score (nSPS) is 29.2. The molecule has 1 unspecified atom stereocenters. The first-order valence-electron chi connectivity index (χ1n) is 7.66. The van der Waals surface area contributed by atoms with E-state index in [4.69, 9.17) is 5.73 Å². The van der Waals surface area contributed by atoms with Crippen LogP contribution in [0, 0.1) is 11.8 Å². The maximum atomic E-state index is 12.1. The molecule has 0 bridgehead atoms. The molecule has 3 rings (SSSR count). The number of nitrogens with two attached hydrogens (primary N) is 1. The van der Waals surface area contributed by atoms with Gasteiger partial charge in [0, 0.05) is 17.3 Å². The zero-order valence-electron chi connectivity index (χ0n) is 12.0. The van der Waals surface area contributed by atoms with Crippen molar-refractivity contribution < 1.29 is 4.79 Å². The summed E-state index contributed by atoms with van der Waals surface area (Å²) in [6, 6.07) is 0.200. The average Bonchev–Trinajstić information content (AvgIpc) is 2.95. The van der Waals surface area contributed by atoms with Gasteiger partial charge in [-0.3, -0.25) is 4.79 Å². The molecule has 20 heavy (non-hydrogen) atoms. The smallest absolute Gasteiger partial charge is 0.226 e. The van der Waals surface area contributed by atoms with Crippen LogP contribution in [0.1, 0.15) is 49.6 Å². The molecule has 0 aliphatic heterocycles. The number of nitrogens with one attached hydrogen (secondary N) is 1. The van der Waals surface area contributed by atoms with Gasteiger partial charge < -0.3 is 11.1 Å². The van der Waals surface area contributed by atoms with E-state index in [9.17, 15) is 4.79 Å². The van der Waals surface area contributed by atoms with Crippen LogP contribution in [0.5, 0.6) is 0 Å². The van der Waals surface area contributed by atoms with Crippen molar-refractivity contribution in [2.24, 2.45) is 17.6 Å². The summed E-state index contributed by atoms with van der Waals surface area (Å²) in [5.74, 6) is 1.17. The number of fused-ring (bicyclic) bond motifs is 1. The Balaban J connectivity index is 1.59. The van der Waals surface area contributed by atoms with Crippen molar-refractivity contribution in [3.8, 4) is 0 Å². The fourth-order valence-electron chi connectivity index (χ4n) is 3.32. The minimum absolute atomic E-state index is 0.0755. The third kappa shape index (κ3) is 3.04. The van der Waals surface area contributed by atoms with E-state index in [1.54, 1.807) is 11.3 Å². The Morgan fingerprint density at radius 3 is 3.05 bits per heavy atom. The van der Waals surface area contributed by atoms with Gasteiger partial charge >= 0.3 is 0 Å². The highest BCUT2D eigenvalue weighted by Gasteiger charge is 2.27. The van der Waals surface area contributed by atoms with E-state index < -0.39 is 0 Å². The number of hydrogen-bond acceptors (Lipinski definition) is 4. The zero-order chi connectivity index (χ0) is 14.1. The molecule has 1 amide bonds. The van der Waals surface area contributed by atoms with Crippen LogP contribution in [-0.2, 0) is 17.6 Å². The van der Waals surface area contributed by atoms with Crippen molar-refractivity contribution in [2.45, 2.75) is 57.9 Å². The van der Waals surface area contributed by atoms with Crippen LogP contribution >= 0.6 is 11.3 Å². The first-order valence-corrected chi connectivity index (χ1v) is 8.47. The first-order chi connectivity index (χ1) is 9.61. The van der Waals surface area contributed by atoms with Gasteiger partial charge in [0.1, 0.15) is 0 Å². The summed E-state index contributed by atoms with van der Waals surface area (Å²) in [4.78, 5) is 18.0. The van der Waals surface area contributed by atoms with Crippen LogP contribution in [-0.4, -0.2) is 16.9 Å². The number of anilines is 1. The zero-order valence-corrected chi connectivity index (χ0v) is 12.8. The Labute approximate surface area is 124 Å². The van der Waals surface area contributed by atoms with Gasteiger partial charge in [-0.1, -0.05) is 13.3 Å². The van der Waals surface area contributed by atoms with Crippen molar-refractivity contribution >= 4 is 22.4 Å². The molecule has 0 spiro atoms. The lowest BCUT2D eigenvalue weighted by atomic mass is 9.93. The molecule has 1 heterocycles. The van der Waals surface area contributed by atoms with E-state index in [-0.39, 0.29) is 11.9 Å². The van der Waals surface area contributed by atoms with E-state index in [1.807, 2.05) is 0 Å². The summed E-state index contributed by atoms with van der Waals surface area (Å²) in [6.45, 7) is 2.28. The number of thiazole rings is 1. The number of nitrogens with zero attached hydrogens (tertiary/aromatic N) is 1. The minimum atomic E-state index is 0.0755. The Morgan fingerprint density at radius 2 is 2.30 bits per heavy atom. The summed E-state index contributed by atoms with van der Waals surface area (Å²) in [7, 11) is 0. The highest BCUT2D eigenvalue weighted by molar-refractivity contribution is 7.15. The molecule has 1 saturated carbocycles. The molecule has 110 valence electrons. The lowest BCUT2D eigenvalue weighted by Gasteiger charge is -2.15. The molecule has 1 fully saturated rings. The quantitative estimate of drug-likeness (QED) is 0.900. The lowest BCUT2D eigenvalue weighted by molar-refractivity contribution is -0.117. The Hall–Kier alpha value is -0.940. The monoisotopic (exact) mass is 293 g/mol. The largest absolute Gasteiger partial charge is 0.327 e. The number of carbonyl (C=O) groups excluding carboxylic acids is 1. The molecule has 0 radical (unpaired) electrons. The van der Waals surface area contributed by atoms with Crippen molar-refractivity contribution in [1.82, 2.24) is 4.98 Å². The maximum Gasteiger partial charge on any atom is 0.226 e. The highest BCUT2D eigenvalue weighted by Crippen LogP contribution is 2.32. The van der Waals surface area contributed by atoms with Gasteiger partial charge in [0.05, 0.1) is 5.69 Å². The van der Waals surface area contributed by atoms with Crippen LogP contribution in [0.25, 0.3) is 0 Å². The summed E-state index contributed by atoms with van der Waals surface area (Å²) in [5.41, 5.74) is 7.22. The fourth-order valence-corrected chi connectivity index (χ4v) is 4.51. The number of hydrogen-bond donors (Lipinski definition) is 2. The summed E-state index contributed by atoms with van der Waals surface area (Å²) in [5, 5.41) is 3.75. The Bertz CT molecular complexity index is 499. The fraction of sp³-hybridized carbons (Fsp3) is 0.733. The summed E-state index contributed by atoms with van der Waals surface area (Å²) >= 11 is 1.65. The van der Waals surface area contributed by atoms with Gasteiger partial charge in [-0.2, -0.15) is 0 Å². The second-order valence-corrected chi connectivity index (χ2v) is 7.43. The van der Waals surface area contributed by atoms with Gasteiger partial charge in [-0.05, 0) is 43.9 Å². The number of aromatic nitrogens is 1. The Morgan fingerprint density at radius 1 is 1.45 bits per heavy atom. The highest BCUT2D eigenvalue weighted by atomic mass is 32.1. The van der Waals surface area contributed by atoms with Crippen molar-refractivity contribution in [3.05, 3.63) is 10.6 Å². The van der Waals surface area contributed by atoms with E-state index in [2.05, 4.69) is 17.2 Å². The van der Waals surface area contributed by atoms with Crippen LogP contribution in [0.2, 0.25) is 0 Å². The van der Waals surface area contributed by atoms with Crippen LogP contribution < -0.4 is 11.1 Å². The number of amides is 1. The average molecular weight is 293 g/mol. The van der Waals surface area contributed by atoms with E-state index >= 15 is 0 Å². The third-order valence-electron chi connectivity index (χ3n) is 4.60. The molecule has 3 N–H and O–H groups in total. The molecule has 1 aromatic rings. The van der Waals surface area contributed by atoms with Crippen LogP contribution in [0.4, 0.5) is 5.13 Å². The van der Waals surface area contributed by atoms with Gasteiger partial charge in [-0.15, -0.1) is 11.3 Å². The van der Waals surface area contributed by atoms with E-state index in [1.165, 1.54) is 17.0 Å². The van der Waals surface area contributed by atoms with Crippen molar-refractivity contribution in [1.29, 1.82) is 0 Å². The molecule has 3 atom stereocenters. The van der Waals surface area contributed by atoms with Crippen LogP contribution in [0.15, 0.2) is 0 Å². The molecular weight excluding hydrogens is 270 g/mol. The van der Waals surface area contributed by atoms with Gasteiger partial charge in [0.15, 0.2) is 5.13 Å². The minimum Gasteiger partial charge on any atom is -0.327 e. The molecular formula is C15H23N3OS. The topological polar surface area (TPSA) is 68.0 Å². The van der Waals surface area contributed by atoms with E-state index in [0.717, 1.165) is 43.2 Å². The predicted molar refractivity (Wildman–Crippen MR) is 81.9 cm³/mol. The molecule has 2 aliphatic carbocycles. The molecule has 0 saturated heterocycles. The van der Waals surface area contributed by atoms with Gasteiger partial charge in [0.2, 0.25) is 5.91 Å². The summed E-state index contributed by atoms with van der Waals surface area (Å²) in [6.07, 6.45) is 7.21. The first kappa shape index (κ1) is 14.0. The Kier molecular flexibility index (Phi) is 4.08. The molecule has 5 heteroatoms. The molecule has 4 nitrogen and oxygen atoms in total. The predicted octanol–water partition coefficient (Wildman–Crippen LogP) is 2.72. The second kappa shape index (κ2) is 5.82.